The van der Waals surface area contributed by atoms with Crippen molar-refractivity contribution >= 4 is 38.6 Å². The maximum atomic E-state index is 14.0. The zero-order chi connectivity index (χ0) is 14.3. The lowest BCUT2D eigenvalue weighted by atomic mass is 10.2. The number of hydrogen-bond donors (Lipinski definition) is 0. The first-order valence-electron chi connectivity index (χ1n) is 5.78. The van der Waals surface area contributed by atoms with Crippen LogP contribution >= 0.6 is 27.5 Å². The van der Waals surface area contributed by atoms with Crippen LogP contribution in [-0.2, 0) is 5.88 Å². The van der Waals surface area contributed by atoms with Crippen LogP contribution < -0.4 is 0 Å². The summed E-state index contributed by atoms with van der Waals surface area (Å²) in [6.45, 7) is 0. The summed E-state index contributed by atoms with van der Waals surface area (Å²) < 4.78 is 29.8. The molecule has 1 heterocycles. The van der Waals surface area contributed by atoms with E-state index < -0.39 is 11.6 Å². The molecule has 0 unspecified atom stereocenters. The number of imidazole rings is 1. The Kier molecular flexibility index (Phi) is 3.48. The second-order valence-corrected chi connectivity index (χ2v) is 5.41. The van der Waals surface area contributed by atoms with Crippen molar-refractivity contribution in [2.24, 2.45) is 0 Å². The first-order valence-corrected chi connectivity index (χ1v) is 7.11. The molecule has 0 aliphatic carbocycles. The Morgan fingerprint density at radius 2 is 1.95 bits per heavy atom. The van der Waals surface area contributed by atoms with Crippen molar-refractivity contribution in [3.8, 4) is 5.69 Å². The van der Waals surface area contributed by atoms with Gasteiger partial charge >= 0.3 is 0 Å². The summed E-state index contributed by atoms with van der Waals surface area (Å²) in [5.74, 6) is -0.484. The van der Waals surface area contributed by atoms with Crippen molar-refractivity contribution in [3.05, 3.63) is 58.3 Å². The molecular weight excluding hydrogens is 350 g/mol. The lowest BCUT2D eigenvalue weighted by molar-refractivity contribution is 0.592. The van der Waals surface area contributed by atoms with Crippen LogP contribution in [0.25, 0.3) is 16.7 Å². The third-order valence-electron chi connectivity index (χ3n) is 2.95. The summed E-state index contributed by atoms with van der Waals surface area (Å²) in [6, 6.07) is 8.72. The summed E-state index contributed by atoms with van der Waals surface area (Å²) in [5.41, 5.74) is 1.44. The number of nitrogens with zero attached hydrogens (tertiary/aromatic N) is 2. The second-order valence-electron chi connectivity index (χ2n) is 4.23. The van der Waals surface area contributed by atoms with Crippen LogP contribution in [0.3, 0.4) is 0 Å². The molecule has 0 bridgehead atoms. The molecule has 0 aliphatic heterocycles. The zero-order valence-electron chi connectivity index (χ0n) is 10.1. The molecule has 0 saturated carbocycles. The molecule has 2 aromatic carbocycles. The molecule has 102 valence electrons. The van der Waals surface area contributed by atoms with Gasteiger partial charge in [-0.2, -0.15) is 0 Å². The monoisotopic (exact) mass is 356 g/mol. The number of rotatable bonds is 2. The van der Waals surface area contributed by atoms with Gasteiger partial charge in [0, 0.05) is 10.5 Å². The molecular formula is C14H8BrClF2N2. The molecule has 0 N–H and O–H groups in total. The van der Waals surface area contributed by atoms with Crippen LogP contribution in [-0.4, -0.2) is 9.55 Å². The number of benzene rings is 2. The minimum atomic E-state index is -0.531. The molecule has 3 aromatic rings. The Hall–Kier alpha value is -1.46. The summed E-state index contributed by atoms with van der Waals surface area (Å²) in [4.78, 5) is 4.34. The highest BCUT2D eigenvalue weighted by atomic mass is 79.9. The molecule has 0 radical (unpaired) electrons. The van der Waals surface area contributed by atoms with Crippen LogP contribution in [0.1, 0.15) is 5.82 Å². The summed E-state index contributed by atoms with van der Waals surface area (Å²) in [5, 5.41) is 0. The van der Waals surface area contributed by atoms with Gasteiger partial charge in [-0.1, -0.05) is 15.9 Å². The van der Waals surface area contributed by atoms with Gasteiger partial charge < -0.3 is 0 Å². The van der Waals surface area contributed by atoms with Crippen LogP contribution in [0.15, 0.2) is 40.9 Å². The van der Waals surface area contributed by atoms with Gasteiger partial charge in [-0.25, -0.2) is 13.8 Å². The summed E-state index contributed by atoms with van der Waals surface area (Å²) in [6.07, 6.45) is 0. The minimum absolute atomic E-state index is 0.0984. The Morgan fingerprint density at radius 1 is 1.15 bits per heavy atom. The molecule has 1 aromatic heterocycles. The van der Waals surface area contributed by atoms with Gasteiger partial charge in [0.15, 0.2) is 0 Å². The fraction of sp³-hybridized carbons (Fsp3) is 0.0714. The summed E-state index contributed by atoms with van der Waals surface area (Å²) >= 11 is 9.24. The van der Waals surface area contributed by atoms with Gasteiger partial charge in [0.25, 0.3) is 0 Å². The lowest BCUT2D eigenvalue weighted by Gasteiger charge is -2.09. The topological polar surface area (TPSA) is 17.8 Å². The van der Waals surface area contributed by atoms with Crippen molar-refractivity contribution in [2.75, 3.05) is 0 Å². The lowest BCUT2D eigenvalue weighted by Crippen LogP contribution is -2.02. The van der Waals surface area contributed by atoms with Crippen molar-refractivity contribution in [1.82, 2.24) is 9.55 Å². The maximum absolute atomic E-state index is 14.0. The number of alkyl halides is 1. The van der Waals surface area contributed by atoms with Crippen molar-refractivity contribution < 1.29 is 8.78 Å². The quantitative estimate of drug-likeness (QED) is 0.602. The second kappa shape index (κ2) is 5.14. The van der Waals surface area contributed by atoms with E-state index in [0.717, 1.165) is 22.7 Å². The highest BCUT2D eigenvalue weighted by Gasteiger charge is 2.15. The molecule has 0 saturated heterocycles. The van der Waals surface area contributed by atoms with Gasteiger partial charge in [-0.15, -0.1) is 11.6 Å². The van der Waals surface area contributed by atoms with Crippen LogP contribution in [0.2, 0.25) is 0 Å². The Morgan fingerprint density at radius 3 is 2.70 bits per heavy atom. The first kappa shape index (κ1) is 13.5. The fourth-order valence-corrected chi connectivity index (χ4v) is 2.64. The molecule has 2 nitrogen and oxygen atoms in total. The van der Waals surface area contributed by atoms with E-state index in [1.165, 1.54) is 4.57 Å². The van der Waals surface area contributed by atoms with Crippen LogP contribution in [0.5, 0.6) is 0 Å². The fourth-order valence-electron chi connectivity index (χ4n) is 2.11. The first-order chi connectivity index (χ1) is 9.60. The Labute approximate surface area is 127 Å². The zero-order valence-corrected chi connectivity index (χ0v) is 12.4. The SMILES string of the molecule is Fc1ccc(F)c(-n2c(CCl)nc3ccc(Br)cc32)c1. The van der Waals surface area contributed by atoms with E-state index >= 15 is 0 Å². The molecule has 0 amide bonds. The third kappa shape index (κ3) is 2.21. The summed E-state index contributed by atoms with van der Waals surface area (Å²) in [7, 11) is 0. The van der Waals surface area contributed by atoms with Crippen LogP contribution in [0.4, 0.5) is 8.78 Å². The number of fused-ring (bicyclic) bond motifs is 1. The standard InChI is InChI=1S/C14H8BrClF2N2/c15-8-1-4-11-13(5-8)20(14(7-16)19-11)12-6-9(17)2-3-10(12)18/h1-6H,7H2. The maximum Gasteiger partial charge on any atom is 0.147 e. The van der Waals surface area contributed by atoms with E-state index in [1.807, 2.05) is 6.07 Å². The molecule has 0 fully saturated rings. The molecule has 3 rings (SSSR count). The third-order valence-corrected chi connectivity index (χ3v) is 3.69. The number of halogens is 4. The predicted octanol–water partition coefficient (Wildman–Crippen LogP) is 4.81. The van der Waals surface area contributed by atoms with Gasteiger partial charge in [0.2, 0.25) is 0 Å². The minimum Gasteiger partial charge on any atom is -0.292 e. The Balaban J connectivity index is 2.39. The van der Waals surface area contributed by atoms with E-state index in [2.05, 4.69) is 20.9 Å². The number of hydrogen-bond acceptors (Lipinski definition) is 1. The molecule has 0 aliphatic rings. The van der Waals surface area contributed by atoms with E-state index in [4.69, 9.17) is 11.6 Å². The van der Waals surface area contributed by atoms with Crippen molar-refractivity contribution in [1.29, 1.82) is 0 Å². The average Bonchev–Trinajstić information content (AvgIpc) is 2.79. The Bertz CT molecular complexity index is 801. The molecule has 6 heteroatoms. The van der Waals surface area contributed by atoms with Gasteiger partial charge in [0.05, 0.1) is 22.6 Å². The predicted molar refractivity (Wildman–Crippen MR) is 78.2 cm³/mol. The van der Waals surface area contributed by atoms with E-state index in [1.54, 1.807) is 12.1 Å². The van der Waals surface area contributed by atoms with E-state index in [9.17, 15) is 8.78 Å². The van der Waals surface area contributed by atoms with Crippen molar-refractivity contribution in [2.45, 2.75) is 5.88 Å². The molecule has 0 atom stereocenters. The smallest absolute Gasteiger partial charge is 0.147 e. The largest absolute Gasteiger partial charge is 0.292 e. The molecule has 20 heavy (non-hydrogen) atoms. The van der Waals surface area contributed by atoms with Gasteiger partial charge in [0.1, 0.15) is 17.5 Å². The highest BCUT2D eigenvalue weighted by molar-refractivity contribution is 9.10. The van der Waals surface area contributed by atoms with E-state index in [-0.39, 0.29) is 11.6 Å². The van der Waals surface area contributed by atoms with Crippen molar-refractivity contribution in [3.63, 3.8) is 0 Å². The van der Waals surface area contributed by atoms with Gasteiger partial charge in [-0.05, 0) is 30.3 Å². The molecule has 0 spiro atoms. The average molecular weight is 358 g/mol. The van der Waals surface area contributed by atoms with Crippen LogP contribution in [0, 0.1) is 11.6 Å². The number of aromatic nitrogens is 2. The van der Waals surface area contributed by atoms with E-state index in [0.29, 0.717) is 16.9 Å². The normalized spacial score (nSPS) is 11.2. The highest BCUT2D eigenvalue weighted by Crippen LogP contribution is 2.27. The van der Waals surface area contributed by atoms with Gasteiger partial charge in [-0.3, -0.25) is 4.57 Å².